The molecular formula is C22H23ClN4O3S. The van der Waals surface area contributed by atoms with E-state index in [1.807, 2.05) is 35.3 Å². The lowest BCUT2D eigenvalue weighted by Crippen LogP contribution is -2.34. The summed E-state index contributed by atoms with van der Waals surface area (Å²) in [6, 6.07) is 10.3. The standard InChI is InChI=1S/C22H23ClN4O3S/c1-27-13-12-25-22(27)21(15-4-6-16(23)7-5-15)26-20(30)10-11-24-19(29)9-8-17(28)18-3-2-14-31-18/h2-7,12-14,21H,8-11H2,1H3,(H,24,29)(H,26,30)/t21-/m1/s1. The van der Waals surface area contributed by atoms with Gasteiger partial charge >= 0.3 is 0 Å². The monoisotopic (exact) mass is 458 g/mol. The van der Waals surface area contributed by atoms with Crippen molar-refractivity contribution >= 4 is 40.5 Å². The van der Waals surface area contributed by atoms with Gasteiger partial charge in [-0.2, -0.15) is 0 Å². The van der Waals surface area contributed by atoms with Gasteiger partial charge in [-0.15, -0.1) is 11.3 Å². The van der Waals surface area contributed by atoms with Gasteiger partial charge in [0.15, 0.2) is 5.78 Å². The molecule has 3 aromatic rings. The van der Waals surface area contributed by atoms with Crippen molar-refractivity contribution in [1.82, 2.24) is 20.2 Å². The Balaban J connectivity index is 1.49. The SMILES string of the molecule is Cn1ccnc1[C@H](NC(=O)CCNC(=O)CCC(=O)c1cccs1)c1ccc(Cl)cc1. The molecule has 0 fully saturated rings. The lowest BCUT2D eigenvalue weighted by molar-refractivity contribution is -0.122. The molecule has 162 valence electrons. The van der Waals surface area contributed by atoms with Gasteiger partial charge in [0.2, 0.25) is 11.8 Å². The molecule has 31 heavy (non-hydrogen) atoms. The van der Waals surface area contributed by atoms with Crippen molar-refractivity contribution in [2.75, 3.05) is 6.54 Å². The van der Waals surface area contributed by atoms with Gasteiger partial charge in [-0.1, -0.05) is 29.8 Å². The number of amides is 2. The Hall–Kier alpha value is -2.97. The summed E-state index contributed by atoms with van der Waals surface area (Å²) < 4.78 is 1.84. The third-order valence-electron chi connectivity index (χ3n) is 4.67. The van der Waals surface area contributed by atoms with E-state index in [0.29, 0.717) is 15.7 Å². The Morgan fingerprint density at radius 3 is 2.52 bits per heavy atom. The van der Waals surface area contributed by atoms with E-state index < -0.39 is 6.04 Å². The maximum absolute atomic E-state index is 12.5. The van der Waals surface area contributed by atoms with Crippen molar-refractivity contribution in [2.45, 2.75) is 25.3 Å². The smallest absolute Gasteiger partial charge is 0.222 e. The van der Waals surface area contributed by atoms with Crippen molar-refractivity contribution in [2.24, 2.45) is 7.05 Å². The summed E-state index contributed by atoms with van der Waals surface area (Å²) in [5.74, 6) is 0.157. The minimum atomic E-state index is -0.441. The Bertz CT molecular complexity index is 1030. The largest absolute Gasteiger partial charge is 0.356 e. The number of aryl methyl sites for hydroxylation is 1. The number of hydrogen-bond donors (Lipinski definition) is 2. The topological polar surface area (TPSA) is 93.1 Å². The number of carbonyl (C=O) groups is 3. The molecule has 0 aliphatic heterocycles. The van der Waals surface area contributed by atoms with Crippen LogP contribution in [0.2, 0.25) is 5.02 Å². The molecule has 3 rings (SSSR count). The van der Waals surface area contributed by atoms with E-state index in [2.05, 4.69) is 15.6 Å². The van der Waals surface area contributed by atoms with Crippen LogP contribution >= 0.6 is 22.9 Å². The third-order valence-corrected chi connectivity index (χ3v) is 5.84. The lowest BCUT2D eigenvalue weighted by Gasteiger charge is -2.19. The molecule has 2 amide bonds. The Kier molecular flexibility index (Phi) is 7.97. The van der Waals surface area contributed by atoms with Gasteiger partial charge in [0.05, 0.1) is 4.88 Å². The fourth-order valence-corrected chi connectivity index (χ4v) is 3.85. The molecule has 2 N–H and O–H groups in total. The second-order valence-electron chi connectivity index (χ2n) is 6.95. The Morgan fingerprint density at radius 2 is 1.87 bits per heavy atom. The van der Waals surface area contributed by atoms with E-state index in [4.69, 9.17) is 11.6 Å². The first-order valence-corrected chi connectivity index (χ1v) is 11.0. The van der Waals surface area contributed by atoms with Crippen LogP contribution in [-0.4, -0.2) is 33.7 Å². The highest BCUT2D eigenvalue weighted by molar-refractivity contribution is 7.12. The van der Waals surface area contributed by atoms with Crippen LogP contribution in [0, 0.1) is 0 Å². The Morgan fingerprint density at radius 1 is 1.10 bits per heavy atom. The number of imidazole rings is 1. The average molecular weight is 459 g/mol. The summed E-state index contributed by atoms with van der Waals surface area (Å²) in [6.07, 6.45) is 3.83. The number of aromatic nitrogens is 2. The fourth-order valence-electron chi connectivity index (χ4n) is 3.03. The van der Waals surface area contributed by atoms with Gasteiger partial charge in [-0.3, -0.25) is 14.4 Å². The van der Waals surface area contributed by atoms with Crippen LogP contribution in [0.4, 0.5) is 0 Å². The second kappa shape index (κ2) is 10.9. The van der Waals surface area contributed by atoms with Gasteiger partial charge in [0.25, 0.3) is 0 Å². The van der Waals surface area contributed by atoms with E-state index in [9.17, 15) is 14.4 Å². The van der Waals surface area contributed by atoms with Crippen LogP contribution in [0.25, 0.3) is 0 Å². The summed E-state index contributed by atoms with van der Waals surface area (Å²) in [7, 11) is 1.86. The van der Waals surface area contributed by atoms with E-state index in [0.717, 1.165) is 5.56 Å². The van der Waals surface area contributed by atoms with Crippen LogP contribution in [0.3, 0.4) is 0 Å². The first-order valence-electron chi connectivity index (χ1n) is 9.79. The predicted molar refractivity (Wildman–Crippen MR) is 120 cm³/mol. The molecule has 2 aromatic heterocycles. The summed E-state index contributed by atoms with van der Waals surface area (Å²) in [4.78, 5) is 41.5. The van der Waals surface area contributed by atoms with Gasteiger partial charge < -0.3 is 15.2 Å². The molecule has 0 radical (unpaired) electrons. The summed E-state index contributed by atoms with van der Waals surface area (Å²) in [6.45, 7) is 0.186. The van der Waals surface area contributed by atoms with Crippen LogP contribution in [0.15, 0.2) is 54.2 Å². The summed E-state index contributed by atoms with van der Waals surface area (Å²) in [5, 5.41) is 8.10. The predicted octanol–water partition coefficient (Wildman–Crippen LogP) is 3.51. The molecule has 0 unspecified atom stereocenters. The Labute approximate surface area is 189 Å². The molecular weight excluding hydrogens is 436 g/mol. The van der Waals surface area contributed by atoms with E-state index in [-0.39, 0.29) is 43.4 Å². The molecule has 0 saturated heterocycles. The molecule has 9 heteroatoms. The number of ketones is 1. The highest BCUT2D eigenvalue weighted by atomic mass is 35.5. The molecule has 0 aliphatic carbocycles. The second-order valence-corrected chi connectivity index (χ2v) is 8.33. The number of Topliss-reactive ketones (excluding diaryl/α,β-unsaturated/α-hetero) is 1. The highest BCUT2D eigenvalue weighted by Crippen LogP contribution is 2.22. The number of halogens is 1. The van der Waals surface area contributed by atoms with Crippen molar-refractivity contribution in [1.29, 1.82) is 0 Å². The normalized spacial score (nSPS) is 11.7. The maximum atomic E-state index is 12.5. The third kappa shape index (κ3) is 6.50. The number of thiophene rings is 1. The zero-order valence-electron chi connectivity index (χ0n) is 17.0. The minimum absolute atomic E-state index is 0.0521. The number of carbonyl (C=O) groups excluding carboxylic acids is 3. The quantitative estimate of drug-likeness (QED) is 0.454. The molecule has 0 spiro atoms. The molecule has 0 saturated carbocycles. The average Bonchev–Trinajstić information content (AvgIpc) is 3.43. The zero-order chi connectivity index (χ0) is 22.2. The number of nitrogens with one attached hydrogen (secondary N) is 2. The number of hydrogen-bond acceptors (Lipinski definition) is 5. The molecule has 2 heterocycles. The molecule has 7 nitrogen and oxygen atoms in total. The molecule has 1 aromatic carbocycles. The van der Waals surface area contributed by atoms with Gasteiger partial charge in [-0.25, -0.2) is 4.98 Å². The number of rotatable bonds is 10. The van der Waals surface area contributed by atoms with Gasteiger partial charge in [0.1, 0.15) is 11.9 Å². The zero-order valence-corrected chi connectivity index (χ0v) is 18.6. The van der Waals surface area contributed by atoms with Crippen molar-refractivity contribution in [3.05, 3.63) is 75.5 Å². The van der Waals surface area contributed by atoms with Crippen molar-refractivity contribution in [3.63, 3.8) is 0 Å². The first kappa shape index (κ1) is 22.7. The maximum Gasteiger partial charge on any atom is 0.222 e. The van der Waals surface area contributed by atoms with Crippen LogP contribution in [-0.2, 0) is 16.6 Å². The lowest BCUT2D eigenvalue weighted by atomic mass is 10.1. The van der Waals surface area contributed by atoms with Gasteiger partial charge in [-0.05, 0) is 29.1 Å². The van der Waals surface area contributed by atoms with E-state index in [1.165, 1.54) is 11.3 Å². The highest BCUT2D eigenvalue weighted by Gasteiger charge is 2.20. The van der Waals surface area contributed by atoms with Gasteiger partial charge in [0, 0.05) is 50.3 Å². The van der Waals surface area contributed by atoms with Crippen LogP contribution < -0.4 is 10.6 Å². The van der Waals surface area contributed by atoms with Crippen LogP contribution in [0.1, 0.15) is 46.4 Å². The van der Waals surface area contributed by atoms with E-state index >= 15 is 0 Å². The summed E-state index contributed by atoms with van der Waals surface area (Å²) >= 11 is 7.34. The molecule has 0 aliphatic rings. The van der Waals surface area contributed by atoms with E-state index in [1.54, 1.807) is 30.5 Å². The number of benzene rings is 1. The van der Waals surface area contributed by atoms with Crippen LogP contribution in [0.5, 0.6) is 0 Å². The number of nitrogens with zero attached hydrogens (tertiary/aromatic N) is 2. The van der Waals surface area contributed by atoms with Crippen molar-refractivity contribution in [3.8, 4) is 0 Å². The molecule has 0 bridgehead atoms. The summed E-state index contributed by atoms with van der Waals surface area (Å²) in [5.41, 5.74) is 0.850. The van der Waals surface area contributed by atoms with Crippen molar-refractivity contribution < 1.29 is 14.4 Å². The fraction of sp³-hybridized carbons (Fsp3) is 0.273. The molecule has 1 atom stereocenters. The first-order chi connectivity index (χ1) is 14.9. The minimum Gasteiger partial charge on any atom is -0.356 e.